The molecule has 2 fully saturated rings. The Labute approximate surface area is 94.4 Å². The molecule has 0 bridgehead atoms. The molecular formula is C13H26N2. The lowest BCUT2D eigenvalue weighted by atomic mass is 9.71. The molecule has 0 aromatic carbocycles. The van der Waals surface area contributed by atoms with Crippen molar-refractivity contribution >= 4 is 0 Å². The Morgan fingerprint density at radius 2 is 1.80 bits per heavy atom. The van der Waals surface area contributed by atoms with Crippen molar-refractivity contribution in [2.75, 3.05) is 33.2 Å². The quantitative estimate of drug-likeness (QED) is 0.712. The van der Waals surface area contributed by atoms with E-state index in [0.717, 1.165) is 11.8 Å². The van der Waals surface area contributed by atoms with Gasteiger partial charge in [0, 0.05) is 13.1 Å². The summed E-state index contributed by atoms with van der Waals surface area (Å²) in [5.41, 5.74) is 0.530. The Hall–Kier alpha value is -0.0800. The van der Waals surface area contributed by atoms with Gasteiger partial charge in [0.2, 0.25) is 0 Å². The lowest BCUT2D eigenvalue weighted by molar-refractivity contribution is 0.0539. The van der Waals surface area contributed by atoms with E-state index in [9.17, 15) is 0 Å². The predicted molar refractivity (Wildman–Crippen MR) is 65.0 cm³/mol. The predicted octanol–water partition coefficient (Wildman–Crippen LogP) is 1.96. The van der Waals surface area contributed by atoms with Gasteiger partial charge < -0.3 is 10.2 Å². The van der Waals surface area contributed by atoms with Gasteiger partial charge in [-0.05, 0) is 56.7 Å². The van der Waals surface area contributed by atoms with Crippen LogP contribution in [0.15, 0.2) is 0 Å². The summed E-state index contributed by atoms with van der Waals surface area (Å²) in [7, 11) is 2.29. The second-order valence-corrected chi connectivity index (χ2v) is 6.41. The first-order chi connectivity index (χ1) is 7.07. The topological polar surface area (TPSA) is 15.3 Å². The number of likely N-dealkylation sites (tertiary alicyclic amines) is 1. The zero-order valence-electron chi connectivity index (χ0n) is 10.6. The summed E-state index contributed by atoms with van der Waals surface area (Å²) in [5.74, 6) is 1.93. The minimum atomic E-state index is 0.530. The minimum absolute atomic E-state index is 0.530. The van der Waals surface area contributed by atoms with E-state index in [-0.39, 0.29) is 0 Å². The second-order valence-electron chi connectivity index (χ2n) is 6.41. The van der Waals surface area contributed by atoms with Gasteiger partial charge in [-0.3, -0.25) is 0 Å². The molecule has 0 aromatic heterocycles. The molecule has 2 rings (SSSR count). The Bertz CT molecular complexity index is 207. The van der Waals surface area contributed by atoms with Crippen molar-refractivity contribution in [2.24, 2.45) is 17.3 Å². The van der Waals surface area contributed by atoms with Crippen molar-refractivity contribution in [3.05, 3.63) is 0 Å². The molecule has 1 atom stereocenters. The maximum absolute atomic E-state index is 3.47. The number of hydrogen-bond acceptors (Lipinski definition) is 2. The summed E-state index contributed by atoms with van der Waals surface area (Å²) in [6, 6.07) is 0. The number of nitrogens with one attached hydrogen (secondary N) is 1. The molecule has 0 amide bonds. The lowest BCUT2D eigenvalue weighted by Crippen LogP contribution is -2.46. The molecule has 88 valence electrons. The molecule has 2 aliphatic heterocycles. The summed E-state index contributed by atoms with van der Waals surface area (Å²) >= 11 is 0. The number of hydrogen-bond donors (Lipinski definition) is 1. The standard InChI is InChI=1S/C13H26N2/c1-13(2)8-12(9-15(3)10-13)11-4-6-14-7-5-11/h11-12,14H,4-10H2,1-3H3. The third-order valence-corrected chi connectivity index (χ3v) is 4.11. The fourth-order valence-corrected chi connectivity index (χ4v) is 3.67. The molecule has 2 aliphatic rings. The molecule has 0 spiro atoms. The maximum Gasteiger partial charge on any atom is 0.00299 e. The van der Waals surface area contributed by atoms with E-state index in [1.165, 1.54) is 45.4 Å². The highest BCUT2D eigenvalue weighted by molar-refractivity contribution is 4.88. The third-order valence-electron chi connectivity index (χ3n) is 4.11. The zero-order chi connectivity index (χ0) is 10.9. The van der Waals surface area contributed by atoms with Crippen molar-refractivity contribution in [1.82, 2.24) is 10.2 Å². The van der Waals surface area contributed by atoms with Crippen molar-refractivity contribution < 1.29 is 0 Å². The van der Waals surface area contributed by atoms with E-state index in [0.29, 0.717) is 5.41 Å². The second kappa shape index (κ2) is 4.42. The van der Waals surface area contributed by atoms with Crippen LogP contribution in [0.25, 0.3) is 0 Å². The lowest BCUT2D eigenvalue weighted by Gasteiger charge is -2.44. The Kier molecular flexibility index (Phi) is 3.36. The van der Waals surface area contributed by atoms with Gasteiger partial charge in [0.05, 0.1) is 0 Å². The average Bonchev–Trinajstić information content (AvgIpc) is 2.16. The van der Waals surface area contributed by atoms with Crippen LogP contribution in [0, 0.1) is 17.3 Å². The Balaban J connectivity index is 1.95. The van der Waals surface area contributed by atoms with Gasteiger partial charge >= 0.3 is 0 Å². The smallest absolute Gasteiger partial charge is 0.00299 e. The molecule has 2 saturated heterocycles. The number of nitrogens with zero attached hydrogens (tertiary/aromatic N) is 1. The molecule has 1 N–H and O–H groups in total. The maximum atomic E-state index is 3.47. The van der Waals surface area contributed by atoms with Crippen LogP contribution in [0.2, 0.25) is 0 Å². The Morgan fingerprint density at radius 1 is 1.13 bits per heavy atom. The van der Waals surface area contributed by atoms with E-state index >= 15 is 0 Å². The van der Waals surface area contributed by atoms with Gasteiger partial charge in [-0.1, -0.05) is 13.8 Å². The van der Waals surface area contributed by atoms with Gasteiger partial charge in [-0.2, -0.15) is 0 Å². The van der Waals surface area contributed by atoms with Crippen LogP contribution in [0.3, 0.4) is 0 Å². The molecule has 0 aliphatic carbocycles. The normalized spacial score (nSPS) is 34.2. The molecule has 0 radical (unpaired) electrons. The molecule has 15 heavy (non-hydrogen) atoms. The fourth-order valence-electron chi connectivity index (χ4n) is 3.67. The van der Waals surface area contributed by atoms with E-state index in [2.05, 4.69) is 31.1 Å². The third kappa shape index (κ3) is 2.94. The van der Waals surface area contributed by atoms with E-state index in [4.69, 9.17) is 0 Å². The molecule has 2 heterocycles. The van der Waals surface area contributed by atoms with Crippen molar-refractivity contribution in [3.8, 4) is 0 Å². The first-order valence-electron chi connectivity index (χ1n) is 6.46. The van der Waals surface area contributed by atoms with Crippen molar-refractivity contribution in [1.29, 1.82) is 0 Å². The van der Waals surface area contributed by atoms with Crippen LogP contribution >= 0.6 is 0 Å². The van der Waals surface area contributed by atoms with Gasteiger partial charge in [-0.25, -0.2) is 0 Å². The van der Waals surface area contributed by atoms with Crippen molar-refractivity contribution in [2.45, 2.75) is 33.1 Å². The summed E-state index contributed by atoms with van der Waals surface area (Å²) in [6.07, 6.45) is 4.23. The van der Waals surface area contributed by atoms with Crippen LogP contribution < -0.4 is 5.32 Å². The number of piperidine rings is 2. The molecule has 2 heteroatoms. The van der Waals surface area contributed by atoms with Crippen molar-refractivity contribution in [3.63, 3.8) is 0 Å². The Morgan fingerprint density at radius 3 is 2.40 bits per heavy atom. The molecule has 0 aromatic rings. The summed E-state index contributed by atoms with van der Waals surface area (Å²) in [4.78, 5) is 2.54. The highest BCUT2D eigenvalue weighted by Gasteiger charge is 2.35. The van der Waals surface area contributed by atoms with E-state index in [1.54, 1.807) is 0 Å². The van der Waals surface area contributed by atoms with Crippen LogP contribution in [-0.2, 0) is 0 Å². The highest BCUT2D eigenvalue weighted by atomic mass is 15.1. The van der Waals surface area contributed by atoms with Gasteiger partial charge in [0.1, 0.15) is 0 Å². The fraction of sp³-hybridized carbons (Fsp3) is 1.00. The van der Waals surface area contributed by atoms with E-state index in [1.807, 2.05) is 0 Å². The highest BCUT2D eigenvalue weighted by Crippen LogP contribution is 2.37. The molecule has 1 unspecified atom stereocenters. The minimum Gasteiger partial charge on any atom is -0.317 e. The monoisotopic (exact) mass is 210 g/mol. The first kappa shape index (κ1) is 11.4. The summed E-state index contributed by atoms with van der Waals surface area (Å²) in [6.45, 7) is 9.94. The van der Waals surface area contributed by atoms with Crippen LogP contribution in [0.5, 0.6) is 0 Å². The molecule has 0 saturated carbocycles. The molecular weight excluding hydrogens is 184 g/mol. The first-order valence-corrected chi connectivity index (χ1v) is 6.46. The van der Waals surface area contributed by atoms with Gasteiger partial charge in [0.25, 0.3) is 0 Å². The van der Waals surface area contributed by atoms with Crippen LogP contribution in [0.1, 0.15) is 33.1 Å². The van der Waals surface area contributed by atoms with Gasteiger partial charge in [-0.15, -0.1) is 0 Å². The summed E-state index contributed by atoms with van der Waals surface area (Å²) < 4.78 is 0. The van der Waals surface area contributed by atoms with Crippen LogP contribution in [-0.4, -0.2) is 38.1 Å². The van der Waals surface area contributed by atoms with Gasteiger partial charge in [0.15, 0.2) is 0 Å². The average molecular weight is 210 g/mol. The number of rotatable bonds is 1. The molecule has 2 nitrogen and oxygen atoms in total. The van der Waals surface area contributed by atoms with Crippen LogP contribution in [0.4, 0.5) is 0 Å². The summed E-state index contributed by atoms with van der Waals surface area (Å²) in [5, 5.41) is 3.47. The SMILES string of the molecule is CN1CC(C2CCNCC2)CC(C)(C)C1. The van der Waals surface area contributed by atoms with E-state index < -0.39 is 0 Å². The largest absolute Gasteiger partial charge is 0.317 e. The zero-order valence-corrected chi connectivity index (χ0v) is 10.6.